The van der Waals surface area contributed by atoms with Gasteiger partial charge in [-0.1, -0.05) is 23.7 Å². The highest BCUT2D eigenvalue weighted by atomic mass is 35.5. The van der Waals surface area contributed by atoms with Gasteiger partial charge in [-0.25, -0.2) is 19.6 Å². The number of nitrogens with one attached hydrogen (secondary N) is 1. The highest BCUT2D eigenvalue weighted by molar-refractivity contribution is 6.32. The number of nitrogens with zero attached hydrogens (tertiary/aromatic N) is 6. The molecule has 11 nitrogen and oxygen atoms in total. The molecule has 1 amide bonds. The maximum atomic E-state index is 13.0. The number of ether oxygens (including phenoxy) is 2. The Morgan fingerprint density at radius 2 is 2.11 bits per heavy atom. The van der Waals surface area contributed by atoms with E-state index in [1.807, 2.05) is 0 Å². The van der Waals surface area contributed by atoms with E-state index in [0.717, 1.165) is 0 Å². The molecule has 3 aromatic heterocycles. The van der Waals surface area contributed by atoms with Crippen molar-refractivity contribution >= 4 is 34.4 Å². The summed E-state index contributed by atoms with van der Waals surface area (Å²) in [4.78, 5) is 25.5. The number of pyridine rings is 1. The monoisotopic (exact) mass is 493 g/mol. The number of para-hydroxylation sites is 1. The zero-order valence-electron chi connectivity index (χ0n) is 18.5. The molecule has 4 aromatic rings. The second-order valence-corrected chi connectivity index (χ2v) is 7.76. The van der Waals surface area contributed by atoms with Crippen molar-refractivity contribution in [3.63, 3.8) is 0 Å². The van der Waals surface area contributed by atoms with Crippen LogP contribution in [-0.2, 0) is 9.53 Å². The zero-order chi connectivity index (χ0) is 24.8. The first-order valence-electron chi connectivity index (χ1n) is 10.5. The van der Waals surface area contributed by atoms with Crippen molar-refractivity contribution in [2.24, 2.45) is 0 Å². The average Bonchev–Trinajstić information content (AvgIpc) is 3.31. The summed E-state index contributed by atoms with van der Waals surface area (Å²) in [6, 6.07) is 12.1. The molecule has 0 aliphatic rings. The van der Waals surface area contributed by atoms with Crippen LogP contribution in [0.1, 0.15) is 12.5 Å². The van der Waals surface area contributed by atoms with Gasteiger partial charge in [0.2, 0.25) is 12.0 Å². The molecule has 4 rings (SSSR count). The number of aliphatic hydroxyl groups is 1. The SMILES string of the molecule is CC(CO)OCC(Oc1ncnc2c1cnn2-c1c(Cl)cccc1C#N)C(=O)Nc1ccccn1. The van der Waals surface area contributed by atoms with Crippen LogP contribution in [0, 0.1) is 11.3 Å². The number of fused-ring (bicyclic) bond motifs is 1. The van der Waals surface area contributed by atoms with Crippen molar-refractivity contribution in [2.75, 3.05) is 18.5 Å². The van der Waals surface area contributed by atoms with Gasteiger partial charge in [0.25, 0.3) is 5.91 Å². The number of aliphatic hydroxyl groups excluding tert-OH is 1. The van der Waals surface area contributed by atoms with Crippen LogP contribution in [0.3, 0.4) is 0 Å². The van der Waals surface area contributed by atoms with Crippen LogP contribution in [0.2, 0.25) is 5.02 Å². The highest BCUT2D eigenvalue weighted by Gasteiger charge is 2.25. The first-order chi connectivity index (χ1) is 17.0. The molecular weight excluding hydrogens is 474 g/mol. The molecule has 2 atom stereocenters. The van der Waals surface area contributed by atoms with Gasteiger partial charge in [-0.2, -0.15) is 10.4 Å². The third-order valence-electron chi connectivity index (χ3n) is 4.90. The molecule has 35 heavy (non-hydrogen) atoms. The number of rotatable bonds is 9. The van der Waals surface area contributed by atoms with Crippen molar-refractivity contribution in [2.45, 2.75) is 19.1 Å². The lowest BCUT2D eigenvalue weighted by atomic mass is 10.2. The average molecular weight is 494 g/mol. The third kappa shape index (κ3) is 5.36. The minimum atomic E-state index is -1.14. The number of nitriles is 1. The fourth-order valence-corrected chi connectivity index (χ4v) is 3.40. The smallest absolute Gasteiger partial charge is 0.269 e. The van der Waals surface area contributed by atoms with Gasteiger partial charge in [-0.3, -0.25) is 4.79 Å². The van der Waals surface area contributed by atoms with Crippen LogP contribution >= 0.6 is 11.6 Å². The number of halogens is 1. The predicted octanol–water partition coefficient (Wildman–Crippen LogP) is 2.52. The fourth-order valence-electron chi connectivity index (χ4n) is 3.15. The summed E-state index contributed by atoms with van der Waals surface area (Å²) in [7, 11) is 0. The number of hydrogen-bond acceptors (Lipinski definition) is 9. The lowest BCUT2D eigenvalue weighted by Crippen LogP contribution is -2.38. The number of anilines is 1. The minimum Gasteiger partial charge on any atom is -0.461 e. The van der Waals surface area contributed by atoms with Crippen molar-refractivity contribution in [1.82, 2.24) is 24.7 Å². The summed E-state index contributed by atoms with van der Waals surface area (Å²) in [5.74, 6) is -0.108. The molecular formula is C23H20ClN7O4. The number of carbonyl (C=O) groups excluding carboxylic acids is 1. The lowest BCUT2D eigenvalue weighted by molar-refractivity contribution is -0.127. The van der Waals surface area contributed by atoms with E-state index in [2.05, 4.69) is 31.4 Å². The minimum absolute atomic E-state index is 0.0771. The maximum Gasteiger partial charge on any atom is 0.269 e. The Bertz CT molecular complexity index is 1370. The summed E-state index contributed by atoms with van der Waals surface area (Å²) in [5.41, 5.74) is 0.997. The standard InChI is InChI=1S/C23H20ClN7O4/c1-14(11-32)34-12-18(22(33)30-19-7-2-3-8-26-19)35-23-16-10-29-31(21(16)27-13-28-23)20-15(9-25)5-4-6-17(20)24/h2-8,10,13-14,18,32H,11-12H2,1H3,(H,26,30,33). The van der Waals surface area contributed by atoms with Gasteiger partial charge < -0.3 is 19.9 Å². The predicted molar refractivity (Wildman–Crippen MR) is 126 cm³/mol. The van der Waals surface area contributed by atoms with Gasteiger partial charge in [0.1, 0.15) is 29.3 Å². The summed E-state index contributed by atoms with van der Waals surface area (Å²) in [5, 5.41) is 26.5. The van der Waals surface area contributed by atoms with E-state index < -0.39 is 18.1 Å². The van der Waals surface area contributed by atoms with Crippen molar-refractivity contribution < 1.29 is 19.4 Å². The van der Waals surface area contributed by atoms with Gasteiger partial charge in [0, 0.05) is 6.20 Å². The molecule has 0 saturated carbocycles. The molecule has 0 bridgehead atoms. The summed E-state index contributed by atoms with van der Waals surface area (Å²) in [6.07, 6.45) is 2.61. The Morgan fingerprint density at radius 3 is 2.86 bits per heavy atom. The Labute approximate surface area is 204 Å². The van der Waals surface area contributed by atoms with E-state index in [1.54, 1.807) is 49.5 Å². The fraction of sp³-hybridized carbons (Fsp3) is 0.217. The number of amides is 1. The Kier molecular flexibility index (Phi) is 7.47. The van der Waals surface area contributed by atoms with Crippen LogP contribution in [0.15, 0.2) is 55.1 Å². The van der Waals surface area contributed by atoms with E-state index in [9.17, 15) is 15.2 Å². The van der Waals surface area contributed by atoms with Gasteiger partial charge in [0.05, 0.1) is 36.1 Å². The number of aromatic nitrogens is 5. The Balaban J connectivity index is 1.67. The normalized spacial score (nSPS) is 12.6. The molecule has 0 radical (unpaired) electrons. The van der Waals surface area contributed by atoms with Crippen LogP contribution in [0.4, 0.5) is 5.82 Å². The van der Waals surface area contributed by atoms with Gasteiger partial charge in [-0.15, -0.1) is 0 Å². The second kappa shape index (κ2) is 10.9. The van der Waals surface area contributed by atoms with Crippen molar-refractivity contribution in [1.29, 1.82) is 5.26 Å². The summed E-state index contributed by atoms with van der Waals surface area (Å²) >= 11 is 6.34. The van der Waals surface area contributed by atoms with E-state index in [1.165, 1.54) is 17.2 Å². The van der Waals surface area contributed by atoms with E-state index in [4.69, 9.17) is 21.1 Å². The summed E-state index contributed by atoms with van der Waals surface area (Å²) < 4.78 is 12.9. The Morgan fingerprint density at radius 1 is 1.26 bits per heavy atom. The molecule has 1 aromatic carbocycles. The largest absolute Gasteiger partial charge is 0.461 e. The molecule has 2 N–H and O–H groups in total. The molecule has 0 spiro atoms. The number of carbonyl (C=O) groups is 1. The Hall–Kier alpha value is -4.11. The van der Waals surface area contributed by atoms with Crippen LogP contribution in [-0.4, -0.2) is 61.2 Å². The lowest BCUT2D eigenvalue weighted by Gasteiger charge is -2.20. The van der Waals surface area contributed by atoms with Crippen molar-refractivity contribution in [3.8, 4) is 17.6 Å². The van der Waals surface area contributed by atoms with Gasteiger partial charge >= 0.3 is 0 Å². The first kappa shape index (κ1) is 24.0. The number of hydrogen-bond donors (Lipinski definition) is 2. The molecule has 0 aliphatic heterocycles. The van der Waals surface area contributed by atoms with Gasteiger partial charge in [0.15, 0.2) is 5.65 Å². The van der Waals surface area contributed by atoms with E-state index >= 15 is 0 Å². The third-order valence-corrected chi connectivity index (χ3v) is 5.20. The van der Waals surface area contributed by atoms with Crippen molar-refractivity contribution in [3.05, 3.63) is 65.7 Å². The quantitative estimate of drug-likeness (QED) is 0.358. The molecule has 0 fully saturated rings. The topological polar surface area (TPSA) is 148 Å². The van der Waals surface area contributed by atoms with Crippen LogP contribution in [0.25, 0.3) is 16.7 Å². The molecule has 2 unspecified atom stereocenters. The second-order valence-electron chi connectivity index (χ2n) is 7.36. The molecule has 3 heterocycles. The molecule has 0 saturated heterocycles. The van der Waals surface area contributed by atoms with Crippen LogP contribution < -0.4 is 10.1 Å². The first-order valence-corrected chi connectivity index (χ1v) is 10.9. The number of benzene rings is 1. The highest BCUT2D eigenvalue weighted by Crippen LogP contribution is 2.29. The van der Waals surface area contributed by atoms with Gasteiger partial charge in [-0.05, 0) is 31.2 Å². The molecule has 12 heteroatoms. The molecule has 0 aliphatic carbocycles. The van der Waals surface area contributed by atoms with E-state index in [0.29, 0.717) is 33.1 Å². The van der Waals surface area contributed by atoms with E-state index in [-0.39, 0.29) is 19.1 Å². The summed E-state index contributed by atoms with van der Waals surface area (Å²) in [6.45, 7) is 1.28. The maximum absolute atomic E-state index is 13.0. The zero-order valence-corrected chi connectivity index (χ0v) is 19.3. The molecule has 178 valence electrons. The van der Waals surface area contributed by atoms with Crippen LogP contribution in [0.5, 0.6) is 5.88 Å².